The maximum atomic E-state index is 10.3. The molecule has 2 N–H and O–H groups in total. The van der Waals surface area contributed by atoms with Crippen LogP contribution in [0.15, 0.2) is 0 Å². The van der Waals surface area contributed by atoms with E-state index in [4.69, 9.17) is 17.3 Å². The van der Waals surface area contributed by atoms with E-state index in [9.17, 15) is 4.79 Å². The fraction of sp³-hybridized carbons (Fsp3) is 0.778. The van der Waals surface area contributed by atoms with Gasteiger partial charge in [-0.25, -0.2) is 4.79 Å². The summed E-state index contributed by atoms with van der Waals surface area (Å²) in [7, 11) is 0. The Bertz CT molecular complexity index is 188. The monoisotopic (exact) mass is 201 g/mol. The van der Waals surface area contributed by atoms with E-state index in [0.717, 1.165) is 32.1 Å². The largest absolute Gasteiger partial charge is 0.465 e. The normalized spacial score (nSPS) is 28.0. The lowest BCUT2D eigenvalue weighted by Gasteiger charge is -2.27. The molecule has 1 aliphatic carbocycles. The van der Waals surface area contributed by atoms with Gasteiger partial charge in [-0.1, -0.05) is 12.2 Å². The van der Waals surface area contributed by atoms with Crippen LogP contribution in [-0.4, -0.2) is 22.6 Å². The van der Waals surface area contributed by atoms with Crippen LogP contribution in [0.3, 0.4) is 0 Å². The average molecular weight is 201 g/mol. The van der Waals surface area contributed by atoms with Gasteiger partial charge in [-0.15, -0.1) is 0 Å². The topological polar surface area (TPSA) is 49.3 Å². The van der Waals surface area contributed by atoms with E-state index in [1.165, 1.54) is 0 Å². The smallest absolute Gasteiger partial charge is 0.404 e. The van der Waals surface area contributed by atoms with Gasteiger partial charge in [0.2, 0.25) is 0 Å². The zero-order valence-electron chi connectivity index (χ0n) is 7.53. The number of amides is 1. The Hall–Kier alpha value is -0.640. The van der Waals surface area contributed by atoms with Crippen molar-refractivity contribution in [3.63, 3.8) is 0 Å². The molecule has 0 aromatic carbocycles. The van der Waals surface area contributed by atoms with Crippen molar-refractivity contribution in [2.75, 3.05) is 0 Å². The van der Waals surface area contributed by atoms with Crippen molar-refractivity contribution >= 4 is 23.7 Å². The summed E-state index contributed by atoms with van der Waals surface area (Å²) in [6.07, 6.45) is 4.20. The Kier molecular flexibility index (Phi) is 4.15. The molecule has 1 aliphatic rings. The first-order chi connectivity index (χ1) is 6.22. The summed E-state index contributed by atoms with van der Waals surface area (Å²) >= 11 is 4.80. The van der Waals surface area contributed by atoms with Crippen molar-refractivity contribution < 1.29 is 9.90 Å². The van der Waals surface area contributed by atoms with Crippen LogP contribution in [0, 0.1) is 5.92 Å². The van der Waals surface area contributed by atoms with E-state index < -0.39 is 6.09 Å². The van der Waals surface area contributed by atoms with Crippen LogP contribution in [0.25, 0.3) is 0 Å². The number of rotatable bonds is 3. The predicted octanol–water partition coefficient (Wildman–Crippen LogP) is 2.20. The molecule has 0 bridgehead atoms. The van der Waals surface area contributed by atoms with Gasteiger partial charge >= 0.3 is 6.09 Å². The Morgan fingerprint density at radius 1 is 1.46 bits per heavy atom. The molecule has 0 heterocycles. The van der Waals surface area contributed by atoms with Crippen LogP contribution in [0.2, 0.25) is 0 Å². The van der Waals surface area contributed by atoms with Crippen molar-refractivity contribution in [2.45, 2.75) is 38.1 Å². The highest BCUT2D eigenvalue weighted by Gasteiger charge is 2.21. The number of hydrogen-bond donors (Lipinski definition) is 2. The number of thiocarbonyl (C=S) groups is 1. The second-order valence-electron chi connectivity index (χ2n) is 3.57. The molecule has 1 amide bonds. The molecule has 1 fully saturated rings. The quantitative estimate of drug-likeness (QED) is 0.688. The molecule has 74 valence electrons. The standard InChI is InChI=1S/C9H15NO2S/c11-9(12)10-8-3-1-7(2-4-8)5-6-13/h6-8,10H,1-5H2,(H,11,12). The van der Waals surface area contributed by atoms with Crippen LogP contribution >= 0.6 is 12.2 Å². The zero-order chi connectivity index (χ0) is 9.68. The predicted molar refractivity (Wildman–Crippen MR) is 55.2 cm³/mol. The van der Waals surface area contributed by atoms with Crippen LogP contribution < -0.4 is 5.32 Å². The summed E-state index contributed by atoms with van der Waals surface area (Å²) < 4.78 is 0. The molecule has 4 heteroatoms. The van der Waals surface area contributed by atoms with Crippen molar-refractivity contribution in [3.8, 4) is 0 Å². The number of nitrogens with one attached hydrogen (secondary N) is 1. The van der Waals surface area contributed by atoms with Gasteiger partial charge in [0.05, 0.1) is 0 Å². The highest BCUT2D eigenvalue weighted by atomic mass is 32.1. The van der Waals surface area contributed by atoms with E-state index in [-0.39, 0.29) is 6.04 Å². The molecule has 0 aromatic rings. The fourth-order valence-electron chi connectivity index (χ4n) is 1.85. The summed E-state index contributed by atoms with van der Waals surface area (Å²) in [5, 5.41) is 12.8. The Balaban J connectivity index is 2.22. The maximum absolute atomic E-state index is 10.3. The molecular weight excluding hydrogens is 186 g/mol. The minimum atomic E-state index is -0.904. The van der Waals surface area contributed by atoms with Crippen LogP contribution in [0.5, 0.6) is 0 Å². The highest BCUT2D eigenvalue weighted by Crippen LogP contribution is 2.26. The van der Waals surface area contributed by atoms with Gasteiger partial charge in [0.1, 0.15) is 0 Å². The molecule has 0 atom stereocenters. The van der Waals surface area contributed by atoms with Gasteiger partial charge < -0.3 is 10.4 Å². The lowest BCUT2D eigenvalue weighted by molar-refractivity contribution is 0.182. The van der Waals surface area contributed by atoms with E-state index in [0.29, 0.717) is 5.92 Å². The van der Waals surface area contributed by atoms with Crippen LogP contribution in [-0.2, 0) is 0 Å². The molecule has 0 aliphatic heterocycles. The van der Waals surface area contributed by atoms with Crippen LogP contribution in [0.4, 0.5) is 4.79 Å². The Morgan fingerprint density at radius 3 is 2.54 bits per heavy atom. The van der Waals surface area contributed by atoms with Gasteiger partial charge in [0, 0.05) is 6.04 Å². The molecular formula is C9H15NO2S. The first kappa shape index (κ1) is 10.4. The molecule has 0 unspecified atom stereocenters. The molecule has 0 radical (unpaired) electrons. The summed E-state index contributed by atoms with van der Waals surface area (Å²) in [6.45, 7) is 0. The third-order valence-corrected chi connectivity index (χ3v) is 2.80. The minimum Gasteiger partial charge on any atom is -0.465 e. The molecule has 1 saturated carbocycles. The Labute approximate surface area is 83.5 Å². The molecule has 1 rings (SSSR count). The third-order valence-electron chi connectivity index (χ3n) is 2.60. The summed E-state index contributed by atoms with van der Waals surface area (Å²) in [5.41, 5.74) is 0. The first-order valence-electron chi connectivity index (χ1n) is 4.65. The fourth-order valence-corrected chi connectivity index (χ4v) is 2.13. The minimum absolute atomic E-state index is 0.166. The second kappa shape index (κ2) is 5.17. The van der Waals surface area contributed by atoms with Crippen LogP contribution in [0.1, 0.15) is 32.1 Å². The summed E-state index contributed by atoms with van der Waals surface area (Å²) in [5.74, 6) is 0.685. The summed E-state index contributed by atoms with van der Waals surface area (Å²) in [4.78, 5) is 10.3. The highest BCUT2D eigenvalue weighted by molar-refractivity contribution is 7.78. The molecule has 0 saturated heterocycles. The molecule has 13 heavy (non-hydrogen) atoms. The second-order valence-corrected chi connectivity index (χ2v) is 3.90. The van der Waals surface area contributed by atoms with Gasteiger partial charge in [0.25, 0.3) is 0 Å². The van der Waals surface area contributed by atoms with Crippen molar-refractivity contribution in [3.05, 3.63) is 0 Å². The Morgan fingerprint density at radius 2 is 2.08 bits per heavy atom. The van der Waals surface area contributed by atoms with Crippen molar-refractivity contribution in [1.82, 2.24) is 5.32 Å². The zero-order valence-corrected chi connectivity index (χ0v) is 8.35. The van der Waals surface area contributed by atoms with E-state index in [1.54, 1.807) is 5.37 Å². The van der Waals surface area contributed by atoms with Gasteiger partial charge in [0.15, 0.2) is 0 Å². The van der Waals surface area contributed by atoms with E-state index >= 15 is 0 Å². The number of carbonyl (C=O) groups is 1. The van der Waals surface area contributed by atoms with Crippen molar-refractivity contribution in [1.29, 1.82) is 0 Å². The molecule has 0 spiro atoms. The number of carboxylic acid groups (broad SMARTS) is 1. The van der Waals surface area contributed by atoms with E-state index in [2.05, 4.69) is 5.32 Å². The molecule has 3 nitrogen and oxygen atoms in total. The van der Waals surface area contributed by atoms with Gasteiger partial charge in [-0.3, -0.25) is 0 Å². The maximum Gasteiger partial charge on any atom is 0.404 e. The number of hydrogen-bond acceptors (Lipinski definition) is 2. The molecule has 0 aromatic heterocycles. The third kappa shape index (κ3) is 3.72. The lowest BCUT2D eigenvalue weighted by atomic mass is 9.85. The average Bonchev–Trinajstić information content (AvgIpc) is 2.08. The first-order valence-corrected chi connectivity index (χ1v) is 5.12. The van der Waals surface area contributed by atoms with Gasteiger partial charge in [-0.05, 0) is 43.4 Å². The SMILES string of the molecule is O=C(O)NC1CCC(CC=S)CC1. The van der Waals surface area contributed by atoms with E-state index in [1.807, 2.05) is 0 Å². The van der Waals surface area contributed by atoms with Gasteiger partial charge in [-0.2, -0.15) is 0 Å². The lowest BCUT2D eigenvalue weighted by Crippen LogP contribution is -2.36. The summed E-state index contributed by atoms with van der Waals surface area (Å²) in [6, 6.07) is 0.166. The van der Waals surface area contributed by atoms with Crippen molar-refractivity contribution in [2.24, 2.45) is 5.92 Å².